The Labute approximate surface area is 135 Å². The van der Waals surface area contributed by atoms with Gasteiger partial charge in [-0.3, -0.25) is 0 Å². The van der Waals surface area contributed by atoms with E-state index in [0.717, 1.165) is 26.4 Å². The van der Waals surface area contributed by atoms with Crippen molar-refractivity contribution < 1.29 is 4.74 Å². The van der Waals surface area contributed by atoms with E-state index in [1.165, 1.54) is 5.56 Å². The van der Waals surface area contributed by atoms with Crippen LogP contribution in [0.3, 0.4) is 0 Å². The number of methoxy groups -OCH3 is 1. The second kappa shape index (κ2) is 6.29. The Balaban J connectivity index is 2.44. The predicted octanol–water partition coefficient (Wildman–Crippen LogP) is 5.90. The minimum atomic E-state index is 0.0587. The van der Waals surface area contributed by atoms with Crippen molar-refractivity contribution in [2.75, 3.05) is 7.11 Å². The summed E-state index contributed by atoms with van der Waals surface area (Å²) in [6.07, 6.45) is 0. The van der Waals surface area contributed by atoms with Gasteiger partial charge in [0.05, 0.1) is 17.0 Å². The van der Waals surface area contributed by atoms with Crippen LogP contribution in [0.4, 0.5) is 0 Å². The van der Waals surface area contributed by atoms with E-state index in [9.17, 15) is 0 Å². The second-order valence-corrected chi connectivity index (χ2v) is 6.38. The SMILES string of the molecule is COc1ccc(C(Br)c2cccc(Br)c2Cl)c(C)c1. The number of alkyl halides is 1. The highest BCUT2D eigenvalue weighted by atomic mass is 79.9. The molecule has 1 unspecified atom stereocenters. The lowest BCUT2D eigenvalue weighted by Crippen LogP contribution is -1.98. The average Bonchev–Trinajstić information content (AvgIpc) is 2.41. The Morgan fingerprint density at radius 3 is 2.53 bits per heavy atom. The van der Waals surface area contributed by atoms with Crippen molar-refractivity contribution in [3.63, 3.8) is 0 Å². The maximum atomic E-state index is 6.35. The third kappa shape index (κ3) is 3.15. The molecule has 0 aromatic heterocycles. The summed E-state index contributed by atoms with van der Waals surface area (Å²) in [5.41, 5.74) is 3.39. The Kier molecular flexibility index (Phi) is 4.93. The van der Waals surface area contributed by atoms with E-state index in [0.29, 0.717) is 0 Å². The summed E-state index contributed by atoms with van der Waals surface area (Å²) in [6.45, 7) is 2.07. The van der Waals surface area contributed by atoms with Crippen molar-refractivity contribution in [3.8, 4) is 5.75 Å². The zero-order valence-corrected chi connectivity index (χ0v) is 14.5. The topological polar surface area (TPSA) is 9.23 Å². The van der Waals surface area contributed by atoms with Crippen LogP contribution in [0.1, 0.15) is 21.5 Å². The summed E-state index contributed by atoms with van der Waals surface area (Å²) in [6, 6.07) is 12.0. The average molecular weight is 405 g/mol. The van der Waals surface area contributed by atoms with Crippen molar-refractivity contribution in [3.05, 3.63) is 62.6 Å². The fraction of sp³-hybridized carbons (Fsp3) is 0.200. The first kappa shape index (κ1) is 14.9. The van der Waals surface area contributed by atoms with Gasteiger partial charge < -0.3 is 4.74 Å². The molecule has 0 aliphatic carbocycles. The van der Waals surface area contributed by atoms with E-state index in [1.54, 1.807) is 7.11 Å². The molecule has 19 heavy (non-hydrogen) atoms. The van der Waals surface area contributed by atoms with E-state index < -0.39 is 0 Å². The zero-order valence-electron chi connectivity index (χ0n) is 10.6. The van der Waals surface area contributed by atoms with Gasteiger partial charge in [0.15, 0.2) is 0 Å². The summed E-state index contributed by atoms with van der Waals surface area (Å²) < 4.78 is 6.13. The van der Waals surface area contributed by atoms with Crippen LogP contribution in [-0.4, -0.2) is 7.11 Å². The van der Waals surface area contributed by atoms with Gasteiger partial charge in [-0.1, -0.05) is 45.7 Å². The first-order valence-corrected chi connectivity index (χ1v) is 7.85. The molecular formula is C15H13Br2ClO. The summed E-state index contributed by atoms with van der Waals surface area (Å²) in [5, 5.41) is 0.736. The number of benzene rings is 2. The molecule has 0 aliphatic rings. The molecule has 1 atom stereocenters. The number of hydrogen-bond donors (Lipinski definition) is 0. The van der Waals surface area contributed by atoms with E-state index in [4.69, 9.17) is 16.3 Å². The van der Waals surface area contributed by atoms with Crippen molar-refractivity contribution >= 4 is 43.5 Å². The molecule has 0 amide bonds. The van der Waals surface area contributed by atoms with Crippen molar-refractivity contribution in [1.82, 2.24) is 0 Å². The Bertz CT molecular complexity index is 599. The molecule has 0 saturated heterocycles. The van der Waals surface area contributed by atoms with Gasteiger partial charge in [0.1, 0.15) is 5.75 Å². The largest absolute Gasteiger partial charge is 0.497 e. The highest BCUT2D eigenvalue weighted by Crippen LogP contribution is 2.39. The fourth-order valence-electron chi connectivity index (χ4n) is 1.94. The van der Waals surface area contributed by atoms with Crippen LogP contribution >= 0.6 is 43.5 Å². The van der Waals surface area contributed by atoms with Crippen LogP contribution in [0.15, 0.2) is 40.9 Å². The van der Waals surface area contributed by atoms with Gasteiger partial charge in [-0.15, -0.1) is 0 Å². The van der Waals surface area contributed by atoms with Crippen molar-refractivity contribution in [2.24, 2.45) is 0 Å². The standard InChI is InChI=1S/C15H13Br2ClO/c1-9-8-10(19-2)6-7-11(9)14(17)12-4-3-5-13(16)15(12)18/h3-8,14H,1-2H3. The van der Waals surface area contributed by atoms with Gasteiger partial charge in [-0.25, -0.2) is 0 Å². The van der Waals surface area contributed by atoms with E-state index in [1.807, 2.05) is 30.3 Å². The van der Waals surface area contributed by atoms with Crippen LogP contribution in [0.2, 0.25) is 5.02 Å². The van der Waals surface area contributed by atoms with E-state index in [-0.39, 0.29) is 4.83 Å². The Morgan fingerprint density at radius 1 is 1.16 bits per heavy atom. The van der Waals surface area contributed by atoms with Crippen LogP contribution in [0, 0.1) is 6.92 Å². The Hall–Kier alpha value is -0.510. The van der Waals surface area contributed by atoms with Gasteiger partial charge in [0.25, 0.3) is 0 Å². The fourth-order valence-corrected chi connectivity index (χ4v) is 3.59. The molecule has 2 aromatic rings. The second-order valence-electron chi connectivity index (χ2n) is 4.23. The molecule has 0 radical (unpaired) electrons. The molecule has 2 rings (SSSR count). The number of aryl methyl sites for hydroxylation is 1. The third-order valence-electron chi connectivity index (χ3n) is 3.00. The van der Waals surface area contributed by atoms with Crippen molar-refractivity contribution in [1.29, 1.82) is 0 Å². The van der Waals surface area contributed by atoms with Crippen molar-refractivity contribution in [2.45, 2.75) is 11.8 Å². The monoisotopic (exact) mass is 402 g/mol. The molecule has 0 fully saturated rings. The van der Waals surface area contributed by atoms with Crippen LogP contribution < -0.4 is 4.74 Å². The third-order valence-corrected chi connectivity index (χ3v) is 5.30. The van der Waals surface area contributed by atoms with Crippen LogP contribution in [0.25, 0.3) is 0 Å². The smallest absolute Gasteiger partial charge is 0.119 e. The van der Waals surface area contributed by atoms with Crippen LogP contribution in [0.5, 0.6) is 5.75 Å². The van der Waals surface area contributed by atoms with Gasteiger partial charge in [0, 0.05) is 4.47 Å². The molecule has 2 aromatic carbocycles. The summed E-state index contributed by atoms with van der Waals surface area (Å²) in [4.78, 5) is 0.0587. The minimum absolute atomic E-state index is 0.0587. The quantitative estimate of drug-likeness (QED) is 0.579. The minimum Gasteiger partial charge on any atom is -0.497 e. The van der Waals surface area contributed by atoms with E-state index in [2.05, 4.69) is 44.8 Å². The summed E-state index contributed by atoms with van der Waals surface area (Å²) in [5.74, 6) is 0.862. The maximum Gasteiger partial charge on any atom is 0.119 e. The molecule has 1 nitrogen and oxygen atoms in total. The first-order chi connectivity index (χ1) is 9.04. The molecule has 0 bridgehead atoms. The molecule has 0 saturated carbocycles. The lowest BCUT2D eigenvalue weighted by molar-refractivity contribution is 0.414. The number of rotatable bonds is 3. The molecule has 0 spiro atoms. The molecule has 100 valence electrons. The highest BCUT2D eigenvalue weighted by Gasteiger charge is 2.17. The van der Waals surface area contributed by atoms with Gasteiger partial charge in [-0.05, 0) is 57.7 Å². The van der Waals surface area contributed by atoms with E-state index >= 15 is 0 Å². The molecule has 4 heteroatoms. The lowest BCUT2D eigenvalue weighted by Gasteiger charge is -2.16. The molecular weight excluding hydrogens is 391 g/mol. The maximum absolute atomic E-state index is 6.35. The number of hydrogen-bond acceptors (Lipinski definition) is 1. The van der Waals surface area contributed by atoms with Crippen LogP contribution in [-0.2, 0) is 0 Å². The predicted molar refractivity (Wildman–Crippen MR) is 87.7 cm³/mol. The van der Waals surface area contributed by atoms with Gasteiger partial charge in [-0.2, -0.15) is 0 Å². The first-order valence-electron chi connectivity index (χ1n) is 5.77. The summed E-state index contributed by atoms with van der Waals surface area (Å²) >= 11 is 13.5. The number of ether oxygens (including phenoxy) is 1. The van der Waals surface area contributed by atoms with Gasteiger partial charge in [0.2, 0.25) is 0 Å². The molecule has 0 heterocycles. The summed E-state index contributed by atoms with van der Waals surface area (Å²) in [7, 11) is 1.67. The van der Waals surface area contributed by atoms with Gasteiger partial charge >= 0.3 is 0 Å². The normalized spacial score (nSPS) is 12.3. The zero-order chi connectivity index (χ0) is 14.0. The molecule has 0 aliphatic heterocycles. The Morgan fingerprint density at radius 2 is 1.89 bits per heavy atom. The molecule has 0 N–H and O–H groups in total. The highest BCUT2D eigenvalue weighted by molar-refractivity contribution is 9.10. The number of halogens is 3. The lowest BCUT2D eigenvalue weighted by atomic mass is 10.00.